The van der Waals surface area contributed by atoms with Crippen LogP contribution < -0.4 is 5.69 Å². The smallest absolute Gasteiger partial charge is 0.377 e. The summed E-state index contributed by atoms with van der Waals surface area (Å²) in [5.74, 6) is 0.390. The average molecular weight is 554 g/mol. The quantitative estimate of drug-likeness (QED) is 0.370. The Kier molecular flexibility index (Phi) is 7.39. The molecule has 3 aromatic rings. The SMILES string of the molecule is C[C@@H]1C=NN=C1CCC1OCC1c1cccc(-n2cc3c(C(F)(F)F)cc(CN4CCCCCC4)cn3c2=O)c1. The van der Waals surface area contributed by atoms with Crippen LogP contribution in [0.2, 0.25) is 0 Å². The Labute approximate surface area is 231 Å². The van der Waals surface area contributed by atoms with Crippen molar-refractivity contribution in [2.45, 2.75) is 70.2 Å². The maximum Gasteiger partial charge on any atom is 0.418 e. The van der Waals surface area contributed by atoms with Gasteiger partial charge in [0, 0.05) is 42.7 Å². The van der Waals surface area contributed by atoms with Crippen LogP contribution in [0.25, 0.3) is 11.2 Å². The van der Waals surface area contributed by atoms with E-state index in [0.29, 0.717) is 24.4 Å². The van der Waals surface area contributed by atoms with Crippen molar-refractivity contribution in [1.82, 2.24) is 13.9 Å². The van der Waals surface area contributed by atoms with Crippen molar-refractivity contribution in [2.75, 3.05) is 19.7 Å². The molecule has 0 N–H and O–H groups in total. The zero-order valence-electron chi connectivity index (χ0n) is 22.6. The molecule has 7 nitrogen and oxygen atoms in total. The molecule has 0 radical (unpaired) electrons. The lowest BCUT2D eigenvalue weighted by atomic mass is 9.86. The standard InChI is InChI=1S/C30H34F3N5O2/c1-20-15-34-35-26(20)9-10-28-24(19-40-28)22-7-6-8-23(14-22)37-18-27-25(30(31,32)33)13-21(17-38(27)29(37)39)16-36-11-4-2-3-5-12-36/h6-8,13-15,17-18,20,24,28H,2-5,9-12,16,19H2,1H3/t20-,24?,28?/m1/s1. The molecular weight excluding hydrogens is 519 g/mol. The van der Waals surface area contributed by atoms with E-state index in [1.807, 2.05) is 24.4 Å². The number of fused-ring (bicyclic) bond motifs is 1. The van der Waals surface area contributed by atoms with Gasteiger partial charge in [-0.1, -0.05) is 31.9 Å². The molecular formula is C30H34F3N5O2. The van der Waals surface area contributed by atoms with Crippen LogP contribution in [-0.4, -0.2) is 51.6 Å². The normalized spacial score (nSPS) is 23.8. The first-order valence-electron chi connectivity index (χ1n) is 14.2. The van der Waals surface area contributed by atoms with Gasteiger partial charge in [-0.25, -0.2) is 4.79 Å². The van der Waals surface area contributed by atoms with Gasteiger partial charge in [-0.05, 0) is 68.1 Å². The van der Waals surface area contributed by atoms with Gasteiger partial charge in [0.05, 0.1) is 29.5 Å². The minimum Gasteiger partial charge on any atom is -0.377 e. The summed E-state index contributed by atoms with van der Waals surface area (Å²) in [6, 6.07) is 8.70. The molecule has 2 fully saturated rings. The summed E-state index contributed by atoms with van der Waals surface area (Å²) < 4.78 is 50.9. The Morgan fingerprint density at radius 2 is 1.88 bits per heavy atom. The fourth-order valence-corrected chi connectivity index (χ4v) is 6.08. The Balaban J connectivity index is 1.28. The minimum absolute atomic E-state index is 0.0222. The second-order valence-electron chi connectivity index (χ2n) is 11.2. The monoisotopic (exact) mass is 553 g/mol. The summed E-state index contributed by atoms with van der Waals surface area (Å²) in [5, 5.41) is 8.19. The fourth-order valence-electron chi connectivity index (χ4n) is 6.08. The number of ether oxygens (including phenoxy) is 1. The van der Waals surface area contributed by atoms with Gasteiger partial charge in [0.15, 0.2) is 0 Å². The van der Waals surface area contributed by atoms with Gasteiger partial charge in [-0.15, -0.1) is 0 Å². The van der Waals surface area contributed by atoms with Gasteiger partial charge < -0.3 is 4.74 Å². The van der Waals surface area contributed by atoms with Crippen LogP contribution in [0.3, 0.4) is 0 Å². The van der Waals surface area contributed by atoms with Crippen molar-refractivity contribution in [3.63, 3.8) is 0 Å². The highest BCUT2D eigenvalue weighted by molar-refractivity contribution is 6.00. The van der Waals surface area contributed by atoms with Crippen molar-refractivity contribution in [3.8, 4) is 5.69 Å². The highest BCUT2D eigenvalue weighted by Crippen LogP contribution is 2.36. The predicted octanol–water partition coefficient (Wildman–Crippen LogP) is 5.82. The van der Waals surface area contributed by atoms with Gasteiger partial charge in [-0.2, -0.15) is 23.4 Å². The number of pyridine rings is 1. The Morgan fingerprint density at radius 3 is 2.55 bits per heavy atom. The molecule has 212 valence electrons. The van der Waals surface area contributed by atoms with Crippen LogP contribution in [0.15, 0.2) is 57.7 Å². The summed E-state index contributed by atoms with van der Waals surface area (Å²) in [4.78, 5) is 15.7. The number of aromatic nitrogens is 2. The first-order chi connectivity index (χ1) is 19.3. The van der Waals surface area contributed by atoms with E-state index in [-0.39, 0.29) is 23.5 Å². The molecule has 0 spiro atoms. The lowest BCUT2D eigenvalue weighted by Crippen LogP contribution is -2.38. The van der Waals surface area contributed by atoms with Gasteiger partial charge in [0.2, 0.25) is 0 Å². The molecule has 6 rings (SSSR count). The second kappa shape index (κ2) is 11.0. The van der Waals surface area contributed by atoms with E-state index in [1.165, 1.54) is 16.8 Å². The van der Waals surface area contributed by atoms with Crippen molar-refractivity contribution >= 4 is 17.4 Å². The van der Waals surface area contributed by atoms with E-state index in [0.717, 1.165) is 67.3 Å². The van der Waals surface area contributed by atoms with Crippen molar-refractivity contribution < 1.29 is 17.9 Å². The maximum absolute atomic E-state index is 14.2. The molecule has 2 unspecified atom stereocenters. The lowest BCUT2D eigenvalue weighted by Gasteiger charge is -2.37. The summed E-state index contributed by atoms with van der Waals surface area (Å²) >= 11 is 0. The van der Waals surface area contributed by atoms with E-state index in [4.69, 9.17) is 4.74 Å². The number of hydrogen-bond acceptors (Lipinski definition) is 5. The second-order valence-corrected chi connectivity index (χ2v) is 11.2. The van der Waals surface area contributed by atoms with E-state index < -0.39 is 17.4 Å². The Morgan fingerprint density at radius 1 is 1.07 bits per heavy atom. The molecule has 40 heavy (non-hydrogen) atoms. The van der Waals surface area contributed by atoms with Crippen LogP contribution in [0, 0.1) is 5.92 Å². The Bertz CT molecular complexity index is 1500. The van der Waals surface area contributed by atoms with E-state index in [1.54, 1.807) is 12.3 Å². The molecule has 2 saturated heterocycles. The molecule has 0 amide bonds. The molecule has 3 aliphatic heterocycles. The largest absolute Gasteiger partial charge is 0.418 e. The maximum atomic E-state index is 14.2. The van der Waals surface area contributed by atoms with Gasteiger partial charge in [0.25, 0.3) is 0 Å². The molecule has 0 saturated carbocycles. The molecule has 0 bridgehead atoms. The third-order valence-corrected chi connectivity index (χ3v) is 8.44. The first-order valence-corrected chi connectivity index (χ1v) is 14.2. The summed E-state index contributed by atoms with van der Waals surface area (Å²) in [7, 11) is 0. The number of halogens is 3. The van der Waals surface area contributed by atoms with Crippen molar-refractivity contribution in [2.24, 2.45) is 16.1 Å². The van der Waals surface area contributed by atoms with Crippen LogP contribution >= 0.6 is 0 Å². The number of hydrogen-bond donors (Lipinski definition) is 0. The van der Waals surface area contributed by atoms with E-state index in [2.05, 4.69) is 22.0 Å². The van der Waals surface area contributed by atoms with Crippen LogP contribution in [0.4, 0.5) is 13.2 Å². The molecule has 3 atom stereocenters. The number of rotatable bonds is 7. The number of benzene rings is 1. The summed E-state index contributed by atoms with van der Waals surface area (Å²) in [6.07, 6.45) is 6.13. The zero-order chi connectivity index (χ0) is 27.9. The minimum atomic E-state index is -4.58. The van der Waals surface area contributed by atoms with Gasteiger partial charge in [-0.3, -0.25) is 13.9 Å². The third kappa shape index (κ3) is 5.39. The van der Waals surface area contributed by atoms with E-state index >= 15 is 0 Å². The average Bonchev–Trinajstić information content (AvgIpc) is 3.35. The number of likely N-dealkylation sites (tertiary alicyclic amines) is 1. The lowest BCUT2D eigenvalue weighted by molar-refractivity contribution is -0.136. The van der Waals surface area contributed by atoms with Gasteiger partial charge >= 0.3 is 11.9 Å². The molecule has 0 aliphatic carbocycles. The highest BCUT2D eigenvalue weighted by Gasteiger charge is 2.36. The molecule has 1 aromatic carbocycles. The van der Waals surface area contributed by atoms with Crippen LogP contribution in [0.5, 0.6) is 0 Å². The summed E-state index contributed by atoms with van der Waals surface area (Å²) in [6.45, 7) is 4.74. The highest BCUT2D eigenvalue weighted by atomic mass is 19.4. The fraction of sp³-hybridized carbons (Fsp3) is 0.500. The molecule has 2 aromatic heterocycles. The number of imidazole rings is 1. The Hall–Kier alpha value is -3.24. The van der Waals surface area contributed by atoms with E-state index in [9.17, 15) is 18.0 Å². The zero-order valence-corrected chi connectivity index (χ0v) is 22.6. The van der Waals surface area contributed by atoms with Crippen LogP contribution in [-0.2, 0) is 17.5 Å². The topological polar surface area (TPSA) is 63.6 Å². The number of alkyl halides is 3. The van der Waals surface area contributed by atoms with Crippen LogP contribution in [0.1, 0.15) is 68.1 Å². The molecule has 3 aliphatic rings. The summed E-state index contributed by atoms with van der Waals surface area (Å²) in [5.41, 5.74) is 1.66. The van der Waals surface area contributed by atoms with Gasteiger partial charge in [0.1, 0.15) is 0 Å². The first kappa shape index (κ1) is 27.0. The third-order valence-electron chi connectivity index (χ3n) is 8.44. The molecule has 10 heteroatoms. The van der Waals surface area contributed by atoms with Crippen molar-refractivity contribution in [1.29, 1.82) is 0 Å². The van der Waals surface area contributed by atoms with Crippen molar-refractivity contribution in [3.05, 3.63) is 69.9 Å². The predicted molar refractivity (Wildman–Crippen MR) is 149 cm³/mol. The molecule has 5 heterocycles. The number of nitrogens with zero attached hydrogens (tertiary/aromatic N) is 5.